The fraction of sp³-hybridized carbons (Fsp3) is 0.300. The van der Waals surface area contributed by atoms with Crippen molar-refractivity contribution in [2.45, 2.75) is 39.2 Å². The minimum Gasteiger partial charge on any atom is -0.483 e. The van der Waals surface area contributed by atoms with Crippen molar-refractivity contribution < 1.29 is 14.3 Å². The molecule has 0 spiro atoms. The molecule has 0 aliphatic heterocycles. The van der Waals surface area contributed by atoms with Crippen molar-refractivity contribution in [2.75, 3.05) is 0 Å². The van der Waals surface area contributed by atoms with Crippen molar-refractivity contribution in [1.82, 2.24) is 0 Å². The lowest BCUT2D eigenvalue weighted by Gasteiger charge is -2.19. The number of hydrogen-bond donors (Lipinski definition) is 1. The topological polar surface area (TPSA) is 69.4 Å². The van der Waals surface area contributed by atoms with Gasteiger partial charge in [-0.1, -0.05) is 45.0 Å². The number of carbonyl (C=O) groups is 2. The van der Waals surface area contributed by atoms with E-state index in [0.29, 0.717) is 16.9 Å². The molecule has 4 heteroatoms. The van der Waals surface area contributed by atoms with E-state index >= 15 is 0 Å². The molecule has 1 atom stereocenters. The van der Waals surface area contributed by atoms with E-state index in [2.05, 4.69) is 20.8 Å². The second kappa shape index (κ2) is 6.87. The summed E-state index contributed by atoms with van der Waals surface area (Å²) in [5, 5.41) is 0. The summed E-state index contributed by atoms with van der Waals surface area (Å²) in [6.07, 6.45) is -0.620. The molecule has 2 aromatic rings. The Labute approximate surface area is 142 Å². The van der Waals surface area contributed by atoms with Crippen LogP contribution in [0.25, 0.3) is 0 Å². The first-order valence-electron chi connectivity index (χ1n) is 7.90. The van der Waals surface area contributed by atoms with Crippen LogP contribution >= 0.6 is 0 Å². The quantitative estimate of drug-likeness (QED) is 0.852. The summed E-state index contributed by atoms with van der Waals surface area (Å²) in [5.74, 6) is -0.0637. The van der Waals surface area contributed by atoms with Crippen LogP contribution in [0.5, 0.6) is 5.75 Å². The van der Waals surface area contributed by atoms with Gasteiger partial charge in [-0.25, -0.2) is 0 Å². The predicted molar refractivity (Wildman–Crippen MR) is 94.5 cm³/mol. The molecule has 0 aromatic heterocycles. The molecule has 4 nitrogen and oxygen atoms in total. The minimum absolute atomic E-state index is 0.0475. The van der Waals surface area contributed by atoms with Gasteiger partial charge in [0, 0.05) is 11.1 Å². The van der Waals surface area contributed by atoms with E-state index < -0.39 is 12.0 Å². The van der Waals surface area contributed by atoms with E-state index in [9.17, 15) is 9.59 Å². The Morgan fingerprint density at radius 1 is 0.917 bits per heavy atom. The van der Waals surface area contributed by atoms with Crippen molar-refractivity contribution in [1.29, 1.82) is 0 Å². The highest BCUT2D eigenvalue weighted by Gasteiger charge is 2.19. The lowest BCUT2D eigenvalue weighted by molar-refractivity contribution is 0.0817. The van der Waals surface area contributed by atoms with E-state index in [-0.39, 0.29) is 11.2 Å². The Balaban J connectivity index is 2.07. The molecule has 2 rings (SSSR count). The molecule has 126 valence electrons. The summed E-state index contributed by atoms with van der Waals surface area (Å²) in [7, 11) is 0. The molecule has 1 amide bonds. The number of hydrogen-bond acceptors (Lipinski definition) is 3. The Morgan fingerprint density at radius 3 is 1.88 bits per heavy atom. The molecule has 0 saturated heterocycles. The molecule has 0 heterocycles. The minimum atomic E-state index is -0.620. The highest BCUT2D eigenvalue weighted by molar-refractivity contribution is 5.99. The van der Waals surface area contributed by atoms with Crippen LogP contribution in [0.1, 0.15) is 54.0 Å². The Bertz CT molecular complexity index is 725. The van der Waals surface area contributed by atoms with Crippen LogP contribution in [-0.2, 0) is 5.41 Å². The van der Waals surface area contributed by atoms with Crippen molar-refractivity contribution in [3.05, 3.63) is 65.2 Å². The second-order valence-electron chi connectivity index (χ2n) is 6.84. The van der Waals surface area contributed by atoms with Gasteiger partial charge in [-0.2, -0.15) is 0 Å². The third kappa shape index (κ3) is 4.22. The summed E-state index contributed by atoms with van der Waals surface area (Å²) in [4.78, 5) is 23.5. The number of Topliss-reactive ketones (excluding diaryl/α,β-unsaturated/α-hetero) is 1. The first kappa shape index (κ1) is 17.7. The number of benzene rings is 2. The summed E-state index contributed by atoms with van der Waals surface area (Å²) >= 11 is 0. The van der Waals surface area contributed by atoms with Gasteiger partial charge >= 0.3 is 0 Å². The Morgan fingerprint density at radius 2 is 1.42 bits per heavy atom. The molecule has 0 saturated carbocycles. The van der Waals surface area contributed by atoms with Gasteiger partial charge in [-0.3, -0.25) is 9.59 Å². The molecular formula is C20H23NO3. The number of ketones is 1. The average molecular weight is 325 g/mol. The van der Waals surface area contributed by atoms with Crippen LogP contribution in [0.15, 0.2) is 48.5 Å². The van der Waals surface area contributed by atoms with Crippen LogP contribution in [0.3, 0.4) is 0 Å². The number of ether oxygens (including phenoxy) is 1. The maximum Gasteiger partial charge on any atom is 0.248 e. The van der Waals surface area contributed by atoms with Gasteiger partial charge in [0.2, 0.25) is 11.7 Å². The fourth-order valence-electron chi connectivity index (χ4n) is 2.32. The predicted octanol–water partition coefficient (Wildman–Crippen LogP) is 3.73. The second-order valence-corrected chi connectivity index (χ2v) is 6.84. The van der Waals surface area contributed by atoms with E-state index in [1.54, 1.807) is 31.2 Å². The molecule has 0 bridgehead atoms. The van der Waals surface area contributed by atoms with Crippen LogP contribution in [0, 0.1) is 0 Å². The number of nitrogens with two attached hydrogens (primary N) is 1. The Kier molecular flexibility index (Phi) is 5.07. The maximum absolute atomic E-state index is 12.5. The van der Waals surface area contributed by atoms with Crippen molar-refractivity contribution >= 4 is 11.7 Å². The molecule has 0 aliphatic carbocycles. The molecule has 24 heavy (non-hydrogen) atoms. The monoisotopic (exact) mass is 325 g/mol. The maximum atomic E-state index is 12.5. The number of amides is 1. The first-order valence-corrected chi connectivity index (χ1v) is 7.90. The zero-order chi connectivity index (χ0) is 17.9. The van der Waals surface area contributed by atoms with Crippen LogP contribution in [0.4, 0.5) is 0 Å². The third-order valence-corrected chi connectivity index (χ3v) is 3.86. The van der Waals surface area contributed by atoms with E-state index in [1.165, 1.54) is 5.56 Å². The first-order chi connectivity index (χ1) is 11.2. The molecule has 2 N–H and O–H groups in total. The normalized spacial score (nSPS) is 12.5. The molecular weight excluding hydrogens is 302 g/mol. The molecule has 2 aromatic carbocycles. The van der Waals surface area contributed by atoms with Crippen molar-refractivity contribution in [3.63, 3.8) is 0 Å². The van der Waals surface area contributed by atoms with Gasteiger partial charge in [0.05, 0.1) is 0 Å². The van der Waals surface area contributed by atoms with E-state index in [4.69, 9.17) is 10.5 Å². The number of primary amides is 1. The molecule has 0 radical (unpaired) electrons. The number of carbonyl (C=O) groups excluding carboxylic acids is 2. The van der Waals surface area contributed by atoms with Gasteiger partial charge in [-0.05, 0) is 42.2 Å². The fourth-order valence-corrected chi connectivity index (χ4v) is 2.32. The van der Waals surface area contributed by atoms with Gasteiger partial charge in [0.15, 0.2) is 6.10 Å². The van der Waals surface area contributed by atoms with Gasteiger partial charge in [-0.15, -0.1) is 0 Å². The Hall–Kier alpha value is -2.62. The van der Waals surface area contributed by atoms with Crippen molar-refractivity contribution in [3.8, 4) is 5.75 Å². The standard InChI is InChI=1S/C20H23NO3/c1-13(24-17-11-7-15(8-12-17)19(21)23)18(22)14-5-9-16(10-6-14)20(2,3)4/h5-13H,1-4H3,(H2,21,23)/t13-/m1/s1. The zero-order valence-corrected chi connectivity index (χ0v) is 14.5. The van der Waals surface area contributed by atoms with Gasteiger partial charge in [0.25, 0.3) is 0 Å². The van der Waals surface area contributed by atoms with Gasteiger partial charge < -0.3 is 10.5 Å². The third-order valence-electron chi connectivity index (χ3n) is 3.86. The molecule has 0 aliphatic rings. The molecule has 0 unspecified atom stereocenters. The van der Waals surface area contributed by atoms with Gasteiger partial charge in [0.1, 0.15) is 5.75 Å². The van der Waals surface area contributed by atoms with Crippen molar-refractivity contribution in [2.24, 2.45) is 5.73 Å². The highest BCUT2D eigenvalue weighted by atomic mass is 16.5. The number of rotatable bonds is 5. The lowest BCUT2D eigenvalue weighted by atomic mass is 9.86. The SMILES string of the molecule is C[C@@H](Oc1ccc(C(N)=O)cc1)C(=O)c1ccc(C(C)(C)C)cc1. The largest absolute Gasteiger partial charge is 0.483 e. The summed E-state index contributed by atoms with van der Waals surface area (Å²) in [5.41, 5.74) is 7.44. The summed E-state index contributed by atoms with van der Waals surface area (Å²) in [6.45, 7) is 8.10. The summed E-state index contributed by atoms with van der Waals surface area (Å²) in [6, 6.07) is 14.0. The average Bonchev–Trinajstić information content (AvgIpc) is 2.54. The highest BCUT2D eigenvalue weighted by Crippen LogP contribution is 2.23. The lowest BCUT2D eigenvalue weighted by Crippen LogP contribution is -2.24. The zero-order valence-electron chi connectivity index (χ0n) is 14.5. The van der Waals surface area contributed by atoms with E-state index in [1.807, 2.05) is 24.3 Å². The van der Waals surface area contributed by atoms with Crippen LogP contribution < -0.4 is 10.5 Å². The summed E-state index contributed by atoms with van der Waals surface area (Å²) < 4.78 is 5.66. The molecule has 0 fully saturated rings. The smallest absolute Gasteiger partial charge is 0.248 e. The van der Waals surface area contributed by atoms with Crippen LogP contribution in [-0.4, -0.2) is 17.8 Å². The van der Waals surface area contributed by atoms with Crippen LogP contribution in [0.2, 0.25) is 0 Å². The van der Waals surface area contributed by atoms with E-state index in [0.717, 1.165) is 0 Å².